The number of unbranched alkanes of at least 4 members (excludes halogenated alkanes) is 13. The van der Waals surface area contributed by atoms with E-state index < -0.39 is 0 Å². The molecule has 3 rings (SSSR count). The van der Waals surface area contributed by atoms with E-state index in [4.69, 9.17) is 0 Å². The van der Waals surface area contributed by atoms with Crippen LogP contribution in [0.2, 0.25) is 0 Å². The maximum atomic E-state index is 2.70. The summed E-state index contributed by atoms with van der Waals surface area (Å²) in [5.41, 5.74) is 0. The second-order valence-electron chi connectivity index (χ2n) is 8.52. The molecule has 3 nitrogen and oxygen atoms in total. The Balaban J connectivity index is 0.00000338. The largest absolute Gasteiger partial charge is 1.00 e. The molecular formula is C22H46BrN3. The number of fused-ring (bicyclic) bond motifs is 3. The quantitative estimate of drug-likeness (QED) is 0.368. The van der Waals surface area contributed by atoms with E-state index in [9.17, 15) is 0 Å². The van der Waals surface area contributed by atoms with Crippen LogP contribution in [0.25, 0.3) is 0 Å². The molecule has 1 atom stereocenters. The van der Waals surface area contributed by atoms with Crippen molar-refractivity contribution in [3.8, 4) is 0 Å². The third-order valence-electron chi connectivity index (χ3n) is 6.32. The van der Waals surface area contributed by atoms with Crippen molar-refractivity contribution in [2.75, 3.05) is 39.3 Å². The number of quaternary nitrogens is 1. The van der Waals surface area contributed by atoms with Gasteiger partial charge < -0.3 is 22.3 Å². The third-order valence-corrected chi connectivity index (χ3v) is 6.32. The van der Waals surface area contributed by atoms with Gasteiger partial charge in [0.25, 0.3) is 0 Å². The van der Waals surface area contributed by atoms with Crippen LogP contribution in [-0.4, -0.2) is 55.2 Å². The van der Waals surface area contributed by atoms with Crippen molar-refractivity contribution in [2.24, 2.45) is 0 Å². The number of piperazine rings is 3. The maximum absolute atomic E-state index is 2.70. The Morgan fingerprint density at radius 2 is 1.12 bits per heavy atom. The van der Waals surface area contributed by atoms with Crippen molar-refractivity contribution >= 4 is 0 Å². The Morgan fingerprint density at radius 3 is 1.54 bits per heavy atom. The zero-order valence-corrected chi connectivity index (χ0v) is 19.2. The van der Waals surface area contributed by atoms with Gasteiger partial charge >= 0.3 is 0 Å². The molecule has 3 aliphatic heterocycles. The fourth-order valence-corrected chi connectivity index (χ4v) is 4.53. The number of nitrogens with zero attached hydrogens (tertiary/aromatic N) is 2. The molecule has 0 aromatic heterocycles. The van der Waals surface area contributed by atoms with E-state index in [1.165, 1.54) is 129 Å². The molecule has 2 N–H and O–H groups in total. The summed E-state index contributed by atoms with van der Waals surface area (Å²) in [7, 11) is 0. The van der Waals surface area contributed by atoms with Crippen molar-refractivity contribution in [1.82, 2.24) is 9.80 Å². The smallest absolute Gasteiger partial charge is 0.155 e. The summed E-state index contributed by atoms with van der Waals surface area (Å²) in [5.74, 6) is 0. The van der Waals surface area contributed by atoms with Crippen LogP contribution in [0.3, 0.4) is 0 Å². The van der Waals surface area contributed by atoms with Gasteiger partial charge in [0.2, 0.25) is 0 Å². The monoisotopic (exact) mass is 431 g/mol. The summed E-state index contributed by atoms with van der Waals surface area (Å²) in [6.07, 6.45) is 21.2. The second kappa shape index (κ2) is 16.3. The number of nitrogens with two attached hydrogens (primary N) is 1. The van der Waals surface area contributed by atoms with Gasteiger partial charge in [0, 0.05) is 26.2 Å². The number of hydrogen-bond donors (Lipinski definition) is 1. The normalized spacial score (nSPS) is 24.6. The molecule has 0 radical (unpaired) electrons. The lowest BCUT2D eigenvalue weighted by Crippen LogP contribution is -3.00. The maximum Gasteiger partial charge on any atom is 0.155 e. The van der Waals surface area contributed by atoms with Crippen molar-refractivity contribution in [1.29, 1.82) is 0 Å². The molecular weight excluding hydrogens is 386 g/mol. The van der Waals surface area contributed by atoms with E-state index >= 15 is 0 Å². The van der Waals surface area contributed by atoms with Crippen LogP contribution in [0.1, 0.15) is 96.8 Å². The lowest BCUT2D eigenvalue weighted by molar-refractivity contribution is -0.713. The molecule has 3 fully saturated rings. The number of rotatable bonds is 16. The fraction of sp³-hybridized carbons (Fsp3) is 1.00. The van der Waals surface area contributed by atoms with Gasteiger partial charge in [-0.3, -0.25) is 9.80 Å². The Labute approximate surface area is 174 Å². The van der Waals surface area contributed by atoms with Crippen LogP contribution in [0.5, 0.6) is 0 Å². The minimum atomic E-state index is 0. The van der Waals surface area contributed by atoms with Gasteiger partial charge in [-0.15, -0.1) is 0 Å². The topological polar surface area (TPSA) is 23.1 Å². The van der Waals surface area contributed by atoms with Crippen LogP contribution in [0, 0.1) is 0 Å². The van der Waals surface area contributed by atoms with Crippen molar-refractivity contribution < 1.29 is 22.3 Å². The summed E-state index contributed by atoms with van der Waals surface area (Å²) in [4.78, 5) is 5.34. The molecule has 0 aromatic carbocycles. The highest BCUT2D eigenvalue weighted by Gasteiger charge is 2.33. The third kappa shape index (κ3) is 10.6. The standard InChI is InChI=1S/C22H45N3.BrH/c1-2-3-4-5-6-7-8-9-10-11-12-13-14-15-16-23-22-21-24-17-19-25(22)20-18-24;/h22-23H,2-21H2,1H3;1H. The van der Waals surface area contributed by atoms with Crippen LogP contribution < -0.4 is 22.3 Å². The zero-order valence-electron chi connectivity index (χ0n) is 17.6. The Kier molecular flexibility index (Phi) is 15.3. The molecule has 0 aliphatic carbocycles. The van der Waals surface area contributed by atoms with Crippen molar-refractivity contribution in [3.63, 3.8) is 0 Å². The van der Waals surface area contributed by atoms with Crippen LogP contribution in [0.4, 0.5) is 0 Å². The van der Waals surface area contributed by atoms with Crippen molar-refractivity contribution in [3.05, 3.63) is 0 Å². The fourth-order valence-electron chi connectivity index (χ4n) is 4.53. The molecule has 3 aliphatic rings. The number of hydrogen-bond acceptors (Lipinski definition) is 2. The zero-order chi connectivity index (χ0) is 17.6. The summed E-state index contributed by atoms with van der Waals surface area (Å²) >= 11 is 0. The predicted molar refractivity (Wildman–Crippen MR) is 109 cm³/mol. The van der Waals surface area contributed by atoms with Gasteiger partial charge in [0.15, 0.2) is 6.17 Å². The lowest BCUT2D eigenvalue weighted by atomic mass is 10.0. The molecule has 1 unspecified atom stereocenters. The summed E-state index contributed by atoms with van der Waals surface area (Å²) in [6, 6.07) is 0. The first-order valence-electron chi connectivity index (χ1n) is 11.7. The SMILES string of the molecule is CCCCCCCCCCCCCCCC[NH2+]C1CN2CCN1CC2.[Br-]. The molecule has 0 aromatic rings. The van der Waals surface area contributed by atoms with Gasteiger partial charge in [-0.25, -0.2) is 0 Å². The van der Waals surface area contributed by atoms with Crippen LogP contribution >= 0.6 is 0 Å². The highest BCUT2D eigenvalue weighted by Crippen LogP contribution is 2.13. The Morgan fingerprint density at radius 1 is 0.654 bits per heavy atom. The molecule has 26 heavy (non-hydrogen) atoms. The van der Waals surface area contributed by atoms with Gasteiger partial charge in [0.05, 0.1) is 13.1 Å². The average molecular weight is 433 g/mol. The van der Waals surface area contributed by atoms with Gasteiger partial charge in [-0.2, -0.15) is 0 Å². The molecule has 3 heterocycles. The molecule has 0 amide bonds. The molecule has 156 valence electrons. The van der Waals surface area contributed by atoms with E-state index in [0.717, 1.165) is 6.17 Å². The minimum Gasteiger partial charge on any atom is -1.00 e. The molecule has 2 bridgehead atoms. The summed E-state index contributed by atoms with van der Waals surface area (Å²) in [5, 5.41) is 2.62. The Hall–Kier alpha value is 0.360. The minimum absolute atomic E-state index is 0. The summed E-state index contributed by atoms with van der Waals surface area (Å²) in [6.45, 7) is 10.2. The summed E-state index contributed by atoms with van der Waals surface area (Å²) < 4.78 is 0. The number of halogens is 1. The van der Waals surface area contributed by atoms with E-state index in [-0.39, 0.29) is 17.0 Å². The van der Waals surface area contributed by atoms with Crippen LogP contribution in [-0.2, 0) is 0 Å². The van der Waals surface area contributed by atoms with Gasteiger partial charge in [0.1, 0.15) is 0 Å². The van der Waals surface area contributed by atoms with Gasteiger partial charge in [-0.1, -0.05) is 84.0 Å². The second-order valence-corrected chi connectivity index (χ2v) is 8.52. The first-order valence-corrected chi connectivity index (χ1v) is 11.7. The Bertz CT molecular complexity index is 306. The molecule has 4 heteroatoms. The van der Waals surface area contributed by atoms with E-state index in [2.05, 4.69) is 22.0 Å². The lowest BCUT2D eigenvalue weighted by Gasteiger charge is -2.45. The highest BCUT2D eigenvalue weighted by molar-refractivity contribution is 4.81. The van der Waals surface area contributed by atoms with Gasteiger partial charge in [-0.05, 0) is 12.8 Å². The first kappa shape index (κ1) is 24.4. The predicted octanol–water partition coefficient (Wildman–Crippen LogP) is 0.992. The van der Waals surface area contributed by atoms with Crippen LogP contribution in [0.15, 0.2) is 0 Å². The highest BCUT2D eigenvalue weighted by atomic mass is 79.9. The van der Waals surface area contributed by atoms with E-state index in [0.29, 0.717) is 0 Å². The molecule has 0 saturated carbocycles. The average Bonchev–Trinajstić information content (AvgIpc) is 2.66. The van der Waals surface area contributed by atoms with Crippen molar-refractivity contribution in [2.45, 2.75) is 103 Å². The molecule has 0 spiro atoms. The molecule has 3 saturated heterocycles. The first-order chi connectivity index (χ1) is 12.4. The van der Waals surface area contributed by atoms with E-state index in [1.54, 1.807) is 0 Å². The van der Waals surface area contributed by atoms with E-state index in [1.807, 2.05) is 0 Å².